The minimum atomic E-state index is -0.872. The molecule has 2 fully saturated rings. The standard InChI is InChI=1S/C12H20N2O3S/c15-11(7-18-8-12(16)17)13-5-9-3-4-14(6-9)10-1-2-10/h9-10H,1-8H2,(H,13,15)(H,16,17). The van der Waals surface area contributed by atoms with Gasteiger partial charge in [-0.25, -0.2) is 0 Å². The Kier molecular flexibility index (Phi) is 4.88. The van der Waals surface area contributed by atoms with E-state index in [2.05, 4.69) is 10.2 Å². The van der Waals surface area contributed by atoms with Crippen molar-refractivity contribution in [2.45, 2.75) is 25.3 Å². The predicted molar refractivity (Wildman–Crippen MR) is 70.7 cm³/mol. The Morgan fingerprint density at radius 1 is 1.28 bits per heavy atom. The average Bonchev–Trinajstić information content (AvgIpc) is 3.06. The molecule has 6 heteroatoms. The van der Waals surface area contributed by atoms with Gasteiger partial charge < -0.3 is 15.3 Å². The van der Waals surface area contributed by atoms with Crippen LogP contribution >= 0.6 is 11.8 Å². The quantitative estimate of drug-likeness (QED) is 0.702. The highest BCUT2D eigenvalue weighted by atomic mass is 32.2. The molecule has 0 spiro atoms. The van der Waals surface area contributed by atoms with Crippen molar-refractivity contribution in [3.05, 3.63) is 0 Å². The van der Waals surface area contributed by atoms with Crippen LogP contribution in [0.15, 0.2) is 0 Å². The van der Waals surface area contributed by atoms with E-state index in [-0.39, 0.29) is 17.4 Å². The zero-order valence-corrected chi connectivity index (χ0v) is 11.2. The number of aliphatic carboxylic acids is 1. The molecule has 1 atom stereocenters. The van der Waals surface area contributed by atoms with E-state index >= 15 is 0 Å². The van der Waals surface area contributed by atoms with Gasteiger partial charge in [-0.05, 0) is 31.7 Å². The summed E-state index contributed by atoms with van der Waals surface area (Å²) in [5.74, 6) is -0.119. The van der Waals surface area contributed by atoms with Gasteiger partial charge in [-0.2, -0.15) is 0 Å². The molecule has 2 rings (SSSR count). The Hall–Kier alpha value is -0.750. The van der Waals surface area contributed by atoms with Crippen LogP contribution in [0, 0.1) is 5.92 Å². The molecule has 1 saturated carbocycles. The molecule has 1 aliphatic carbocycles. The number of carbonyl (C=O) groups is 2. The van der Waals surface area contributed by atoms with Crippen molar-refractivity contribution in [2.75, 3.05) is 31.1 Å². The molecule has 5 nitrogen and oxygen atoms in total. The van der Waals surface area contributed by atoms with Crippen LogP contribution in [0.3, 0.4) is 0 Å². The first-order valence-corrected chi connectivity index (χ1v) is 7.61. The fraction of sp³-hybridized carbons (Fsp3) is 0.833. The third kappa shape index (κ3) is 4.49. The van der Waals surface area contributed by atoms with E-state index < -0.39 is 5.97 Å². The molecule has 2 N–H and O–H groups in total. The van der Waals surface area contributed by atoms with Gasteiger partial charge in [-0.3, -0.25) is 9.59 Å². The van der Waals surface area contributed by atoms with Gasteiger partial charge in [0.15, 0.2) is 0 Å². The summed E-state index contributed by atoms with van der Waals surface area (Å²) in [4.78, 5) is 24.3. The van der Waals surface area contributed by atoms with Crippen LogP contribution in [-0.4, -0.2) is 59.1 Å². The number of hydrogen-bond donors (Lipinski definition) is 2. The summed E-state index contributed by atoms with van der Waals surface area (Å²) in [6.07, 6.45) is 3.84. The van der Waals surface area contributed by atoms with Crippen LogP contribution < -0.4 is 5.32 Å². The molecule has 2 aliphatic rings. The van der Waals surface area contributed by atoms with Crippen LogP contribution in [0.4, 0.5) is 0 Å². The van der Waals surface area contributed by atoms with Gasteiger partial charge in [0, 0.05) is 19.1 Å². The number of carboxylic acid groups (broad SMARTS) is 1. The first-order chi connectivity index (χ1) is 8.65. The van der Waals surface area contributed by atoms with Crippen molar-refractivity contribution in [3.8, 4) is 0 Å². The van der Waals surface area contributed by atoms with Crippen molar-refractivity contribution in [1.29, 1.82) is 0 Å². The molecule has 1 aliphatic heterocycles. The molecule has 0 radical (unpaired) electrons. The molecule has 1 unspecified atom stereocenters. The molecule has 0 aromatic rings. The lowest BCUT2D eigenvalue weighted by atomic mass is 10.1. The highest BCUT2D eigenvalue weighted by Crippen LogP contribution is 2.31. The smallest absolute Gasteiger partial charge is 0.313 e. The maximum atomic E-state index is 11.5. The van der Waals surface area contributed by atoms with Crippen LogP contribution in [0.2, 0.25) is 0 Å². The van der Waals surface area contributed by atoms with Crippen molar-refractivity contribution in [1.82, 2.24) is 10.2 Å². The number of rotatable bonds is 7. The predicted octanol–water partition coefficient (Wildman–Crippen LogP) is 0.405. The Bertz CT molecular complexity index is 320. The second-order valence-electron chi connectivity index (χ2n) is 5.07. The number of nitrogens with zero attached hydrogens (tertiary/aromatic N) is 1. The Morgan fingerprint density at radius 2 is 2.06 bits per heavy atom. The van der Waals surface area contributed by atoms with Crippen molar-refractivity contribution < 1.29 is 14.7 Å². The van der Waals surface area contributed by atoms with E-state index in [1.807, 2.05) is 0 Å². The van der Waals surface area contributed by atoms with Crippen molar-refractivity contribution in [3.63, 3.8) is 0 Å². The van der Waals surface area contributed by atoms with Gasteiger partial charge in [0.05, 0.1) is 11.5 Å². The first-order valence-electron chi connectivity index (χ1n) is 6.45. The molecule has 1 amide bonds. The van der Waals surface area contributed by atoms with E-state index in [4.69, 9.17) is 5.11 Å². The van der Waals surface area contributed by atoms with Gasteiger partial charge in [-0.15, -0.1) is 11.8 Å². The van der Waals surface area contributed by atoms with Gasteiger partial charge in [-0.1, -0.05) is 0 Å². The Morgan fingerprint density at radius 3 is 2.72 bits per heavy atom. The molecule has 0 bridgehead atoms. The number of nitrogens with one attached hydrogen (secondary N) is 1. The molecule has 102 valence electrons. The highest BCUT2D eigenvalue weighted by Gasteiger charge is 2.34. The first kappa shape index (κ1) is 13.7. The van der Waals surface area contributed by atoms with Crippen LogP contribution in [0.1, 0.15) is 19.3 Å². The summed E-state index contributed by atoms with van der Waals surface area (Å²) in [5.41, 5.74) is 0. The molecular formula is C12H20N2O3S. The molecule has 1 saturated heterocycles. The van der Waals surface area contributed by atoms with Crippen molar-refractivity contribution in [2.24, 2.45) is 5.92 Å². The van der Waals surface area contributed by atoms with Gasteiger partial charge in [0.2, 0.25) is 5.91 Å². The second kappa shape index (κ2) is 6.43. The topological polar surface area (TPSA) is 69.6 Å². The van der Waals surface area contributed by atoms with Crippen LogP contribution in [0.5, 0.6) is 0 Å². The summed E-state index contributed by atoms with van der Waals surface area (Å²) in [5, 5.41) is 11.4. The zero-order valence-electron chi connectivity index (χ0n) is 10.4. The Labute approximate surface area is 111 Å². The van der Waals surface area contributed by atoms with Crippen LogP contribution in [-0.2, 0) is 9.59 Å². The van der Waals surface area contributed by atoms with E-state index in [0.29, 0.717) is 5.92 Å². The monoisotopic (exact) mass is 272 g/mol. The number of amides is 1. The van der Waals surface area contributed by atoms with Gasteiger partial charge in [0.25, 0.3) is 0 Å². The summed E-state index contributed by atoms with van der Waals surface area (Å²) in [7, 11) is 0. The summed E-state index contributed by atoms with van der Waals surface area (Å²) >= 11 is 1.15. The molecule has 18 heavy (non-hydrogen) atoms. The van der Waals surface area contributed by atoms with Crippen LogP contribution in [0.25, 0.3) is 0 Å². The lowest BCUT2D eigenvalue weighted by molar-refractivity contribution is -0.133. The maximum absolute atomic E-state index is 11.5. The number of thioether (sulfide) groups is 1. The number of carbonyl (C=O) groups excluding carboxylic acids is 1. The maximum Gasteiger partial charge on any atom is 0.313 e. The SMILES string of the molecule is O=C(O)CSCC(=O)NCC1CCN(C2CC2)C1. The average molecular weight is 272 g/mol. The lowest BCUT2D eigenvalue weighted by Crippen LogP contribution is -2.32. The van der Waals surface area contributed by atoms with Gasteiger partial charge in [0.1, 0.15) is 0 Å². The van der Waals surface area contributed by atoms with E-state index in [0.717, 1.165) is 30.9 Å². The largest absolute Gasteiger partial charge is 0.481 e. The molecule has 0 aromatic carbocycles. The van der Waals surface area contributed by atoms with Gasteiger partial charge >= 0.3 is 5.97 Å². The fourth-order valence-electron chi connectivity index (χ4n) is 2.34. The normalized spacial score (nSPS) is 24.1. The fourth-order valence-corrected chi connectivity index (χ4v) is 2.90. The van der Waals surface area contributed by atoms with Crippen molar-refractivity contribution >= 4 is 23.6 Å². The third-order valence-corrected chi connectivity index (χ3v) is 4.34. The second-order valence-corrected chi connectivity index (χ2v) is 6.06. The number of likely N-dealkylation sites (tertiary alicyclic amines) is 1. The molecule has 0 aromatic heterocycles. The molecular weight excluding hydrogens is 252 g/mol. The summed E-state index contributed by atoms with van der Waals surface area (Å²) in [6, 6.07) is 0.817. The zero-order chi connectivity index (χ0) is 13.0. The number of hydrogen-bond acceptors (Lipinski definition) is 4. The van der Waals surface area contributed by atoms with E-state index in [1.54, 1.807) is 0 Å². The highest BCUT2D eigenvalue weighted by molar-refractivity contribution is 8.00. The summed E-state index contributed by atoms with van der Waals surface area (Å²) < 4.78 is 0. The minimum Gasteiger partial charge on any atom is -0.481 e. The Balaban J connectivity index is 1.54. The number of carboxylic acids is 1. The third-order valence-electron chi connectivity index (χ3n) is 3.43. The summed E-state index contributed by atoms with van der Waals surface area (Å²) in [6.45, 7) is 3.00. The lowest BCUT2D eigenvalue weighted by Gasteiger charge is -2.15. The van der Waals surface area contributed by atoms with E-state index in [1.165, 1.54) is 25.8 Å². The molecule has 1 heterocycles. The minimum absolute atomic E-state index is 0.00763. The van der Waals surface area contributed by atoms with E-state index in [9.17, 15) is 9.59 Å².